The maximum absolute atomic E-state index is 12.5. The molecule has 102 valence electrons. The quantitative estimate of drug-likeness (QED) is 0.827. The van der Waals surface area contributed by atoms with Crippen molar-refractivity contribution < 1.29 is 9.59 Å². The Kier molecular flexibility index (Phi) is 3.45. The van der Waals surface area contributed by atoms with E-state index in [1.165, 1.54) is 6.92 Å². The second-order valence-corrected chi connectivity index (χ2v) is 5.68. The Morgan fingerprint density at radius 2 is 2.11 bits per heavy atom. The molecule has 0 aromatic heterocycles. The van der Waals surface area contributed by atoms with Crippen molar-refractivity contribution in [2.24, 2.45) is 11.1 Å². The predicted octanol–water partition coefficient (Wildman–Crippen LogP) is 1.98. The monoisotopic (exact) mass is 260 g/mol. The highest BCUT2D eigenvalue weighted by atomic mass is 16.2. The molecule has 0 saturated carbocycles. The highest BCUT2D eigenvalue weighted by Crippen LogP contribution is 2.32. The Balaban J connectivity index is 2.35. The average molecular weight is 260 g/mol. The second kappa shape index (κ2) is 4.78. The van der Waals surface area contributed by atoms with Crippen molar-refractivity contribution in [3.63, 3.8) is 0 Å². The summed E-state index contributed by atoms with van der Waals surface area (Å²) in [5, 5.41) is 0. The van der Waals surface area contributed by atoms with Gasteiger partial charge < -0.3 is 10.6 Å². The average Bonchev–Trinajstić information content (AvgIpc) is 2.37. The molecule has 19 heavy (non-hydrogen) atoms. The van der Waals surface area contributed by atoms with Crippen molar-refractivity contribution in [1.29, 1.82) is 0 Å². The minimum atomic E-state index is -0.565. The number of amides is 1. The number of nitrogens with zero attached hydrogens (tertiary/aromatic N) is 1. The zero-order chi connectivity index (χ0) is 14.2. The van der Waals surface area contributed by atoms with Crippen molar-refractivity contribution in [2.75, 3.05) is 11.4 Å². The second-order valence-electron chi connectivity index (χ2n) is 5.68. The summed E-state index contributed by atoms with van der Waals surface area (Å²) in [4.78, 5) is 25.6. The van der Waals surface area contributed by atoms with Crippen LogP contribution >= 0.6 is 0 Å². The number of carbonyl (C=O) groups excluding carboxylic acids is 2. The third-order valence-electron chi connectivity index (χ3n) is 3.95. The first kappa shape index (κ1) is 13.7. The standard InChI is InChI=1S/C15H20N2O2/c1-10(18)11-5-4-6-12(9-11)17-8-7-13(16)15(2,3)14(17)19/h4-6,9,13H,7-8,16H2,1-3H3. The van der Waals surface area contributed by atoms with Gasteiger partial charge in [0.15, 0.2) is 5.78 Å². The number of rotatable bonds is 2. The van der Waals surface area contributed by atoms with Crippen LogP contribution < -0.4 is 10.6 Å². The molecule has 1 fully saturated rings. The minimum absolute atomic E-state index is 0.00210. The zero-order valence-corrected chi connectivity index (χ0v) is 11.6. The Morgan fingerprint density at radius 1 is 1.42 bits per heavy atom. The van der Waals surface area contributed by atoms with E-state index in [0.29, 0.717) is 12.1 Å². The van der Waals surface area contributed by atoms with E-state index in [1.807, 2.05) is 19.9 Å². The van der Waals surface area contributed by atoms with Crippen molar-refractivity contribution in [3.05, 3.63) is 29.8 Å². The summed E-state index contributed by atoms with van der Waals surface area (Å²) < 4.78 is 0. The minimum Gasteiger partial charge on any atom is -0.327 e. The number of Topliss-reactive ketones (excluding diaryl/α,β-unsaturated/α-hetero) is 1. The molecule has 0 aliphatic carbocycles. The van der Waals surface area contributed by atoms with Crippen LogP contribution in [0.2, 0.25) is 0 Å². The smallest absolute Gasteiger partial charge is 0.234 e. The van der Waals surface area contributed by atoms with E-state index in [2.05, 4.69) is 0 Å². The highest BCUT2D eigenvalue weighted by Gasteiger charge is 2.42. The number of carbonyl (C=O) groups is 2. The summed E-state index contributed by atoms with van der Waals surface area (Å²) >= 11 is 0. The first-order valence-corrected chi connectivity index (χ1v) is 6.52. The number of nitrogens with two attached hydrogens (primary N) is 1. The molecule has 2 N–H and O–H groups in total. The fourth-order valence-electron chi connectivity index (χ4n) is 2.38. The number of piperidine rings is 1. The molecule has 1 atom stereocenters. The van der Waals surface area contributed by atoms with Crippen LogP contribution in [-0.2, 0) is 4.79 Å². The van der Waals surface area contributed by atoms with Crippen molar-refractivity contribution in [1.82, 2.24) is 0 Å². The van der Waals surface area contributed by atoms with Crippen LogP contribution in [0.15, 0.2) is 24.3 Å². The van der Waals surface area contributed by atoms with Crippen LogP contribution in [0.5, 0.6) is 0 Å². The lowest BCUT2D eigenvalue weighted by Crippen LogP contribution is -2.56. The van der Waals surface area contributed by atoms with Gasteiger partial charge in [-0.15, -0.1) is 0 Å². The maximum Gasteiger partial charge on any atom is 0.234 e. The number of hydrogen-bond donors (Lipinski definition) is 1. The van der Waals surface area contributed by atoms with Gasteiger partial charge in [0, 0.05) is 23.8 Å². The van der Waals surface area contributed by atoms with Crippen molar-refractivity contribution in [3.8, 4) is 0 Å². The fraction of sp³-hybridized carbons (Fsp3) is 0.467. The largest absolute Gasteiger partial charge is 0.327 e. The first-order chi connectivity index (χ1) is 8.84. The molecule has 1 aromatic rings. The number of hydrogen-bond acceptors (Lipinski definition) is 3. The van der Waals surface area contributed by atoms with Crippen LogP contribution in [0.4, 0.5) is 5.69 Å². The number of ketones is 1. The number of anilines is 1. The van der Waals surface area contributed by atoms with Crippen molar-refractivity contribution in [2.45, 2.75) is 33.2 Å². The molecule has 2 rings (SSSR count). The first-order valence-electron chi connectivity index (χ1n) is 6.52. The van der Waals surface area contributed by atoms with Gasteiger partial charge in [0.1, 0.15) is 0 Å². The van der Waals surface area contributed by atoms with E-state index in [0.717, 1.165) is 12.1 Å². The zero-order valence-electron chi connectivity index (χ0n) is 11.6. The van der Waals surface area contributed by atoms with Crippen molar-refractivity contribution >= 4 is 17.4 Å². The topological polar surface area (TPSA) is 63.4 Å². The van der Waals surface area contributed by atoms with Gasteiger partial charge in [0.25, 0.3) is 0 Å². The Hall–Kier alpha value is -1.68. The van der Waals surface area contributed by atoms with Gasteiger partial charge in [-0.2, -0.15) is 0 Å². The summed E-state index contributed by atoms with van der Waals surface area (Å²) in [6.07, 6.45) is 0.767. The van der Waals surface area contributed by atoms with Gasteiger partial charge in [0.2, 0.25) is 5.91 Å². The molecule has 0 radical (unpaired) electrons. The predicted molar refractivity (Wildman–Crippen MR) is 75.2 cm³/mol. The summed E-state index contributed by atoms with van der Waals surface area (Å²) in [7, 11) is 0. The van der Waals surface area contributed by atoms with E-state index >= 15 is 0 Å². The molecule has 0 spiro atoms. The van der Waals surface area contributed by atoms with E-state index in [9.17, 15) is 9.59 Å². The molecule has 1 saturated heterocycles. The maximum atomic E-state index is 12.5. The molecule has 1 amide bonds. The van der Waals surface area contributed by atoms with Crippen LogP contribution in [0.3, 0.4) is 0 Å². The van der Waals surface area contributed by atoms with Gasteiger partial charge in [-0.1, -0.05) is 12.1 Å². The summed E-state index contributed by atoms with van der Waals surface area (Å²) in [5.74, 6) is 0.0224. The summed E-state index contributed by atoms with van der Waals surface area (Å²) in [6, 6.07) is 7.08. The van der Waals surface area contributed by atoms with Gasteiger partial charge in [-0.25, -0.2) is 0 Å². The molecule has 1 aliphatic heterocycles. The molecular formula is C15H20N2O2. The van der Waals surface area contributed by atoms with E-state index < -0.39 is 5.41 Å². The van der Waals surface area contributed by atoms with E-state index in [4.69, 9.17) is 5.73 Å². The van der Waals surface area contributed by atoms with Gasteiger partial charge >= 0.3 is 0 Å². The van der Waals surface area contributed by atoms with E-state index in [-0.39, 0.29) is 17.7 Å². The van der Waals surface area contributed by atoms with Crippen LogP contribution in [-0.4, -0.2) is 24.3 Å². The Bertz CT molecular complexity index is 523. The normalized spacial score (nSPS) is 22.4. The van der Waals surface area contributed by atoms with Crippen LogP contribution in [0.1, 0.15) is 37.6 Å². The molecule has 1 heterocycles. The molecular weight excluding hydrogens is 240 g/mol. The molecule has 1 aromatic carbocycles. The lowest BCUT2D eigenvalue weighted by Gasteiger charge is -2.41. The molecule has 4 heteroatoms. The van der Waals surface area contributed by atoms with Gasteiger partial charge in [-0.05, 0) is 39.3 Å². The van der Waals surface area contributed by atoms with Gasteiger partial charge in [0.05, 0.1) is 5.41 Å². The summed E-state index contributed by atoms with van der Waals surface area (Å²) in [5.41, 5.74) is 6.85. The fourth-order valence-corrected chi connectivity index (χ4v) is 2.38. The lowest BCUT2D eigenvalue weighted by molar-refractivity contribution is -0.129. The molecule has 4 nitrogen and oxygen atoms in total. The lowest BCUT2D eigenvalue weighted by atomic mass is 9.78. The van der Waals surface area contributed by atoms with Gasteiger partial charge in [-0.3, -0.25) is 9.59 Å². The Labute approximate surface area is 113 Å². The van der Waals surface area contributed by atoms with Crippen LogP contribution in [0, 0.1) is 5.41 Å². The number of benzene rings is 1. The molecule has 1 unspecified atom stereocenters. The SMILES string of the molecule is CC(=O)c1cccc(N2CCC(N)C(C)(C)C2=O)c1. The summed E-state index contributed by atoms with van der Waals surface area (Å²) in [6.45, 7) is 5.88. The molecule has 1 aliphatic rings. The highest BCUT2D eigenvalue weighted by molar-refractivity contribution is 6.00. The van der Waals surface area contributed by atoms with Crippen LogP contribution in [0.25, 0.3) is 0 Å². The third-order valence-corrected chi connectivity index (χ3v) is 3.95. The third kappa shape index (κ3) is 2.40. The molecule has 0 bridgehead atoms. The van der Waals surface area contributed by atoms with E-state index in [1.54, 1.807) is 23.1 Å². The Morgan fingerprint density at radius 3 is 2.74 bits per heavy atom.